The van der Waals surface area contributed by atoms with Crippen molar-refractivity contribution in [3.63, 3.8) is 0 Å². The van der Waals surface area contributed by atoms with E-state index < -0.39 is 0 Å². The summed E-state index contributed by atoms with van der Waals surface area (Å²) in [6.45, 7) is 6.17. The zero-order chi connectivity index (χ0) is 22.6. The quantitative estimate of drug-likeness (QED) is 0.474. The van der Waals surface area contributed by atoms with Gasteiger partial charge in [0.2, 0.25) is 0 Å². The van der Waals surface area contributed by atoms with Crippen LogP contribution in [0.4, 0.5) is 0 Å². The number of likely N-dealkylation sites (tertiary alicyclic amines) is 1. The summed E-state index contributed by atoms with van der Waals surface area (Å²) in [5.74, 6) is 0.566. The second-order valence-corrected chi connectivity index (χ2v) is 10.1. The van der Waals surface area contributed by atoms with Crippen molar-refractivity contribution in [3.05, 3.63) is 88.1 Å². The molecule has 0 amide bonds. The van der Waals surface area contributed by atoms with Crippen LogP contribution in [-0.4, -0.2) is 23.9 Å². The first-order valence-corrected chi connectivity index (χ1v) is 12.4. The smallest absolute Gasteiger partial charge is 0.195 e. The van der Waals surface area contributed by atoms with Gasteiger partial charge in [0.15, 0.2) is 5.96 Å². The van der Waals surface area contributed by atoms with E-state index in [0.717, 1.165) is 37.3 Å². The molecule has 0 saturated carbocycles. The van der Waals surface area contributed by atoms with Gasteiger partial charge in [0.25, 0.3) is 0 Å². The fourth-order valence-corrected chi connectivity index (χ4v) is 5.89. The van der Waals surface area contributed by atoms with Gasteiger partial charge in [-0.05, 0) is 66.7 Å². The van der Waals surface area contributed by atoms with Crippen molar-refractivity contribution in [2.45, 2.75) is 46.0 Å². The molecule has 1 saturated heterocycles. The van der Waals surface area contributed by atoms with Crippen molar-refractivity contribution in [1.29, 1.82) is 0 Å². The fraction of sp³-hybridized carbons (Fsp3) is 0.370. The van der Waals surface area contributed by atoms with Crippen molar-refractivity contribution in [2.24, 2.45) is 21.9 Å². The zero-order valence-electron chi connectivity index (χ0n) is 19.2. The summed E-state index contributed by atoms with van der Waals surface area (Å²) in [7, 11) is 0. The summed E-state index contributed by atoms with van der Waals surface area (Å²) < 4.78 is 0. The maximum atomic E-state index is 6.34. The van der Waals surface area contributed by atoms with Crippen molar-refractivity contribution in [3.8, 4) is 0 Å². The van der Waals surface area contributed by atoms with Gasteiger partial charge in [-0.3, -0.25) is 0 Å². The molecule has 1 aliphatic carbocycles. The molecule has 1 aliphatic heterocycles. The average molecular weight is 447 g/mol. The highest BCUT2D eigenvalue weighted by Crippen LogP contribution is 2.44. The SMILES string of the molecule is CC/C=C(/S/C(N)=C/N=C(N)N1CCC2(CC1)Cc1ccccc1C2)c1ccccc1C. The summed E-state index contributed by atoms with van der Waals surface area (Å²) >= 11 is 1.55. The van der Waals surface area contributed by atoms with Gasteiger partial charge >= 0.3 is 0 Å². The Kier molecular flexibility index (Phi) is 6.95. The highest BCUT2D eigenvalue weighted by atomic mass is 32.2. The van der Waals surface area contributed by atoms with Crippen LogP contribution in [0, 0.1) is 12.3 Å². The first kappa shape index (κ1) is 22.5. The Labute approximate surface area is 196 Å². The lowest BCUT2D eigenvalue weighted by Gasteiger charge is -2.39. The molecule has 1 heterocycles. The number of thioether (sulfide) groups is 1. The molecule has 168 valence electrons. The van der Waals surface area contributed by atoms with Gasteiger partial charge in [0, 0.05) is 18.0 Å². The maximum absolute atomic E-state index is 6.34. The first-order chi connectivity index (χ1) is 15.5. The predicted molar refractivity (Wildman–Crippen MR) is 138 cm³/mol. The minimum Gasteiger partial charge on any atom is -0.392 e. The van der Waals surface area contributed by atoms with Crippen LogP contribution in [0.15, 0.2) is 70.8 Å². The number of rotatable bonds is 5. The molecule has 32 heavy (non-hydrogen) atoms. The minimum absolute atomic E-state index is 0.401. The monoisotopic (exact) mass is 446 g/mol. The Balaban J connectivity index is 1.37. The number of hydrogen-bond donors (Lipinski definition) is 2. The third-order valence-corrected chi connectivity index (χ3v) is 7.70. The molecule has 1 spiro atoms. The molecule has 2 aliphatic rings. The summed E-state index contributed by atoms with van der Waals surface area (Å²) in [6.07, 6.45) is 9.58. The Morgan fingerprint density at radius 2 is 1.66 bits per heavy atom. The third kappa shape index (κ3) is 5.04. The second kappa shape index (κ2) is 9.86. The normalized spacial score (nSPS) is 18.8. The van der Waals surface area contributed by atoms with Crippen molar-refractivity contribution < 1.29 is 0 Å². The Morgan fingerprint density at radius 3 is 2.28 bits per heavy atom. The van der Waals surface area contributed by atoms with E-state index in [-0.39, 0.29) is 0 Å². The molecule has 0 atom stereocenters. The average Bonchev–Trinajstić information content (AvgIpc) is 3.15. The van der Waals surface area contributed by atoms with E-state index in [1.165, 1.54) is 35.1 Å². The number of aryl methyl sites for hydroxylation is 1. The largest absolute Gasteiger partial charge is 0.392 e. The van der Waals surface area contributed by atoms with Gasteiger partial charge in [-0.15, -0.1) is 0 Å². The molecule has 4 N–H and O–H groups in total. The van der Waals surface area contributed by atoms with Crippen LogP contribution in [-0.2, 0) is 12.8 Å². The van der Waals surface area contributed by atoms with Gasteiger partial charge in [0.1, 0.15) is 0 Å². The van der Waals surface area contributed by atoms with Crippen LogP contribution in [0.2, 0.25) is 0 Å². The molecule has 0 unspecified atom stereocenters. The lowest BCUT2D eigenvalue weighted by atomic mass is 9.76. The predicted octanol–water partition coefficient (Wildman–Crippen LogP) is 5.43. The molecule has 1 fully saturated rings. The van der Waals surface area contributed by atoms with Gasteiger partial charge in [-0.1, -0.05) is 73.3 Å². The molecule has 2 aromatic carbocycles. The molecule has 0 bridgehead atoms. The van der Waals surface area contributed by atoms with Crippen LogP contribution in [0.5, 0.6) is 0 Å². The summed E-state index contributed by atoms with van der Waals surface area (Å²) in [5, 5.41) is 0.649. The summed E-state index contributed by atoms with van der Waals surface area (Å²) in [5.41, 5.74) is 18.6. The van der Waals surface area contributed by atoms with Gasteiger partial charge in [-0.25, -0.2) is 4.99 Å². The number of benzene rings is 2. The molecule has 4 rings (SSSR count). The third-order valence-electron chi connectivity index (χ3n) is 6.75. The Bertz CT molecular complexity index is 1020. The van der Waals surface area contributed by atoms with E-state index in [0.29, 0.717) is 16.4 Å². The topological polar surface area (TPSA) is 67.6 Å². The van der Waals surface area contributed by atoms with E-state index in [1.54, 1.807) is 18.0 Å². The maximum Gasteiger partial charge on any atom is 0.195 e. The van der Waals surface area contributed by atoms with E-state index in [4.69, 9.17) is 11.5 Å². The first-order valence-electron chi connectivity index (χ1n) is 11.5. The fourth-order valence-electron chi connectivity index (χ4n) is 4.94. The number of hydrogen-bond acceptors (Lipinski definition) is 3. The van der Waals surface area contributed by atoms with Crippen LogP contribution >= 0.6 is 11.8 Å². The van der Waals surface area contributed by atoms with E-state index in [1.807, 2.05) is 0 Å². The molecule has 2 aromatic rings. The molecular formula is C27H34N4S. The van der Waals surface area contributed by atoms with Crippen molar-refractivity contribution in [1.82, 2.24) is 4.90 Å². The number of nitrogens with zero attached hydrogens (tertiary/aromatic N) is 2. The molecule has 5 heteroatoms. The second-order valence-electron chi connectivity index (χ2n) is 9.02. The highest BCUT2D eigenvalue weighted by molar-refractivity contribution is 8.11. The Hall–Kier alpha value is -2.66. The number of fused-ring (bicyclic) bond motifs is 1. The summed E-state index contributed by atoms with van der Waals surface area (Å²) in [4.78, 5) is 7.88. The van der Waals surface area contributed by atoms with Crippen LogP contribution in [0.1, 0.15) is 48.4 Å². The van der Waals surface area contributed by atoms with Crippen LogP contribution in [0.25, 0.3) is 4.91 Å². The van der Waals surface area contributed by atoms with Gasteiger partial charge < -0.3 is 16.4 Å². The number of piperidine rings is 1. The van der Waals surface area contributed by atoms with E-state index in [2.05, 4.69) is 78.3 Å². The zero-order valence-corrected chi connectivity index (χ0v) is 20.0. The minimum atomic E-state index is 0.401. The molecule has 0 aromatic heterocycles. The van der Waals surface area contributed by atoms with E-state index in [9.17, 15) is 0 Å². The van der Waals surface area contributed by atoms with E-state index >= 15 is 0 Å². The Morgan fingerprint density at radius 1 is 1.03 bits per heavy atom. The van der Waals surface area contributed by atoms with Gasteiger partial charge in [-0.2, -0.15) is 0 Å². The lowest BCUT2D eigenvalue weighted by molar-refractivity contribution is 0.157. The molecule has 4 nitrogen and oxygen atoms in total. The lowest BCUT2D eigenvalue weighted by Crippen LogP contribution is -2.46. The number of aliphatic imine (C=N–C) groups is 1. The van der Waals surface area contributed by atoms with Crippen LogP contribution in [0.3, 0.4) is 0 Å². The molecular weight excluding hydrogens is 412 g/mol. The summed E-state index contributed by atoms with van der Waals surface area (Å²) in [6, 6.07) is 17.3. The number of nitrogens with two attached hydrogens (primary N) is 2. The molecule has 0 radical (unpaired) electrons. The van der Waals surface area contributed by atoms with Gasteiger partial charge in [0.05, 0.1) is 11.2 Å². The number of guanidine groups is 1. The standard InChI is InChI=1S/C27H34N4S/c1-3-8-24(23-12-7-4-9-20(23)2)32-25(28)19-30-26(29)31-15-13-27(14-16-31)17-21-10-5-6-11-22(21)18-27/h4-12,19H,3,13-18,28H2,1-2H3,(H2,29,30)/b24-8+,25-19+. The number of allylic oxidation sites excluding steroid dienone is 1. The van der Waals surface area contributed by atoms with Crippen LogP contribution < -0.4 is 11.5 Å². The highest BCUT2D eigenvalue weighted by Gasteiger charge is 2.39. The van der Waals surface area contributed by atoms with Crippen molar-refractivity contribution in [2.75, 3.05) is 13.1 Å². The van der Waals surface area contributed by atoms with Crippen molar-refractivity contribution >= 4 is 22.6 Å².